The molecule has 2 aromatic rings. The highest BCUT2D eigenvalue weighted by atomic mass is 16.4. The molecule has 0 atom stereocenters. The zero-order valence-corrected chi connectivity index (χ0v) is 9.05. The van der Waals surface area contributed by atoms with Crippen LogP contribution in [0.3, 0.4) is 0 Å². The largest absolute Gasteiger partial charge is 0.481 e. The highest BCUT2D eigenvalue weighted by Crippen LogP contribution is 2.12. The first kappa shape index (κ1) is 10.6. The number of aromatic nitrogens is 3. The quantitative estimate of drug-likeness (QED) is 0.841. The minimum Gasteiger partial charge on any atom is -0.481 e. The molecule has 0 unspecified atom stereocenters. The van der Waals surface area contributed by atoms with Gasteiger partial charge in [-0.25, -0.2) is 9.97 Å². The second kappa shape index (κ2) is 4.30. The van der Waals surface area contributed by atoms with Gasteiger partial charge in [0.15, 0.2) is 0 Å². The Hall–Kier alpha value is -1.91. The van der Waals surface area contributed by atoms with Gasteiger partial charge in [-0.3, -0.25) is 9.20 Å². The minimum absolute atomic E-state index is 0.0484. The van der Waals surface area contributed by atoms with E-state index in [9.17, 15) is 4.79 Å². The van der Waals surface area contributed by atoms with E-state index < -0.39 is 5.97 Å². The predicted molar refractivity (Wildman–Crippen MR) is 58.3 cm³/mol. The average molecular weight is 219 g/mol. The van der Waals surface area contributed by atoms with Crippen molar-refractivity contribution in [2.75, 3.05) is 0 Å². The Morgan fingerprint density at radius 2 is 2.38 bits per heavy atom. The highest BCUT2D eigenvalue weighted by Gasteiger charge is 2.08. The first-order valence-electron chi connectivity index (χ1n) is 5.23. The van der Waals surface area contributed by atoms with Gasteiger partial charge in [0.05, 0.1) is 12.1 Å². The summed E-state index contributed by atoms with van der Waals surface area (Å²) in [4.78, 5) is 19.0. The number of carboxylic acid groups (broad SMARTS) is 1. The second-order valence-electron chi connectivity index (χ2n) is 3.70. The van der Waals surface area contributed by atoms with Crippen LogP contribution in [0.5, 0.6) is 0 Å². The molecule has 2 aromatic heterocycles. The van der Waals surface area contributed by atoms with Crippen molar-refractivity contribution in [3.8, 4) is 0 Å². The number of rotatable bonds is 4. The van der Waals surface area contributed by atoms with Gasteiger partial charge in [0.2, 0.25) is 0 Å². The van der Waals surface area contributed by atoms with Crippen molar-refractivity contribution in [3.05, 3.63) is 30.0 Å². The fourth-order valence-electron chi connectivity index (χ4n) is 1.71. The SMILES string of the molecule is CCCc1cncn2cc(CC(=O)O)nc12. The van der Waals surface area contributed by atoms with Gasteiger partial charge in [0.1, 0.15) is 12.0 Å². The zero-order valence-electron chi connectivity index (χ0n) is 9.05. The first-order chi connectivity index (χ1) is 7.70. The van der Waals surface area contributed by atoms with E-state index in [0.717, 1.165) is 24.1 Å². The highest BCUT2D eigenvalue weighted by molar-refractivity contribution is 5.70. The lowest BCUT2D eigenvalue weighted by Crippen LogP contribution is -1.99. The standard InChI is InChI=1S/C11H13N3O2/c1-2-3-8-5-12-7-14-6-9(4-10(15)16)13-11(8)14/h5-7H,2-4H2,1H3,(H,15,16). The normalized spacial score (nSPS) is 10.8. The van der Waals surface area contributed by atoms with Crippen molar-refractivity contribution in [2.45, 2.75) is 26.2 Å². The summed E-state index contributed by atoms with van der Waals surface area (Å²) < 4.78 is 1.78. The Kier molecular flexibility index (Phi) is 2.85. The molecule has 0 aliphatic rings. The number of fused-ring (bicyclic) bond motifs is 1. The van der Waals surface area contributed by atoms with Crippen molar-refractivity contribution in [1.29, 1.82) is 0 Å². The summed E-state index contributed by atoms with van der Waals surface area (Å²) in [6.45, 7) is 2.09. The van der Waals surface area contributed by atoms with Crippen molar-refractivity contribution in [3.63, 3.8) is 0 Å². The van der Waals surface area contributed by atoms with E-state index in [-0.39, 0.29) is 6.42 Å². The molecule has 0 spiro atoms. The van der Waals surface area contributed by atoms with Crippen molar-refractivity contribution >= 4 is 11.6 Å². The average Bonchev–Trinajstić information content (AvgIpc) is 2.60. The third-order valence-corrected chi connectivity index (χ3v) is 2.34. The number of hydrogen-bond donors (Lipinski definition) is 1. The number of aliphatic carboxylic acids is 1. The van der Waals surface area contributed by atoms with Gasteiger partial charge in [-0.05, 0) is 6.42 Å². The fourth-order valence-corrected chi connectivity index (χ4v) is 1.71. The summed E-state index contributed by atoms with van der Waals surface area (Å²) in [6.07, 6.45) is 7.02. The summed E-state index contributed by atoms with van der Waals surface area (Å²) in [5.41, 5.74) is 2.44. The molecule has 0 bridgehead atoms. The number of carboxylic acids is 1. The van der Waals surface area contributed by atoms with E-state index in [1.54, 1.807) is 23.1 Å². The van der Waals surface area contributed by atoms with Gasteiger partial charge >= 0.3 is 5.97 Å². The number of aryl methyl sites for hydroxylation is 1. The molecular formula is C11H13N3O2. The predicted octanol–water partition coefficient (Wildman–Crippen LogP) is 1.31. The van der Waals surface area contributed by atoms with E-state index >= 15 is 0 Å². The molecule has 5 heteroatoms. The van der Waals surface area contributed by atoms with E-state index in [1.165, 1.54) is 0 Å². The number of nitrogens with zero attached hydrogens (tertiary/aromatic N) is 3. The summed E-state index contributed by atoms with van der Waals surface area (Å²) >= 11 is 0. The summed E-state index contributed by atoms with van der Waals surface area (Å²) in [5, 5.41) is 8.70. The lowest BCUT2D eigenvalue weighted by atomic mass is 10.2. The maximum Gasteiger partial charge on any atom is 0.309 e. The third kappa shape index (κ3) is 2.03. The van der Waals surface area contributed by atoms with Crippen molar-refractivity contribution in [2.24, 2.45) is 0 Å². The van der Waals surface area contributed by atoms with E-state index in [1.807, 2.05) is 0 Å². The Bertz CT molecular complexity index is 519. The van der Waals surface area contributed by atoms with Crippen LogP contribution in [0.1, 0.15) is 24.6 Å². The number of carbonyl (C=O) groups is 1. The molecule has 0 saturated heterocycles. The van der Waals surface area contributed by atoms with Crippen LogP contribution < -0.4 is 0 Å². The molecule has 2 rings (SSSR count). The Morgan fingerprint density at radius 3 is 3.06 bits per heavy atom. The molecular weight excluding hydrogens is 206 g/mol. The molecule has 0 aromatic carbocycles. The molecule has 0 aliphatic heterocycles. The fraction of sp³-hybridized carbons (Fsp3) is 0.364. The molecule has 0 radical (unpaired) electrons. The maximum atomic E-state index is 10.6. The van der Waals surface area contributed by atoms with E-state index in [2.05, 4.69) is 16.9 Å². The molecule has 1 N–H and O–H groups in total. The van der Waals surface area contributed by atoms with Crippen LogP contribution in [0.2, 0.25) is 0 Å². The molecule has 16 heavy (non-hydrogen) atoms. The smallest absolute Gasteiger partial charge is 0.309 e. The van der Waals surface area contributed by atoms with Crippen LogP contribution in [0.25, 0.3) is 5.65 Å². The van der Waals surface area contributed by atoms with Crippen molar-refractivity contribution < 1.29 is 9.90 Å². The monoisotopic (exact) mass is 219 g/mol. The number of imidazole rings is 1. The molecule has 0 amide bonds. The van der Waals surface area contributed by atoms with Gasteiger partial charge in [0.25, 0.3) is 0 Å². The zero-order chi connectivity index (χ0) is 11.5. The Balaban J connectivity index is 2.43. The van der Waals surface area contributed by atoms with E-state index in [4.69, 9.17) is 5.11 Å². The summed E-state index contributed by atoms with van der Waals surface area (Å²) in [6, 6.07) is 0. The first-order valence-corrected chi connectivity index (χ1v) is 5.23. The molecule has 0 fully saturated rings. The van der Waals surface area contributed by atoms with Crippen LogP contribution in [0, 0.1) is 0 Å². The minimum atomic E-state index is -0.867. The molecule has 0 aliphatic carbocycles. The molecule has 84 valence electrons. The van der Waals surface area contributed by atoms with Gasteiger partial charge in [0, 0.05) is 18.0 Å². The van der Waals surface area contributed by atoms with Crippen LogP contribution in [0.15, 0.2) is 18.7 Å². The summed E-state index contributed by atoms with van der Waals surface area (Å²) in [5.74, 6) is -0.867. The molecule has 2 heterocycles. The van der Waals surface area contributed by atoms with Crippen molar-refractivity contribution in [1.82, 2.24) is 14.4 Å². The lowest BCUT2D eigenvalue weighted by Gasteiger charge is -1.99. The van der Waals surface area contributed by atoms with Gasteiger partial charge in [-0.2, -0.15) is 0 Å². The van der Waals surface area contributed by atoms with Crippen LogP contribution >= 0.6 is 0 Å². The maximum absolute atomic E-state index is 10.6. The van der Waals surface area contributed by atoms with Crippen LogP contribution in [0.4, 0.5) is 0 Å². The Labute approximate surface area is 92.8 Å². The van der Waals surface area contributed by atoms with E-state index in [0.29, 0.717) is 5.69 Å². The second-order valence-corrected chi connectivity index (χ2v) is 3.70. The van der Waals surface area contributed by atoms with Gasteiger partial charge in [-0.1, -0.05) is 13.3 Å². The topological polar surface area (TPSA) is 67.5 Å². The third-order valence-electron chi connectivity index (χ3n) is 2.34. The van der Waals surface area contributed by atoms with Gasteiger partial charge in [-0.15, -0.1) is 0 Å². The van der Waals surface area contributed by atoms with Crippen LogP contribution in [-0.4, -0.2) is 25.4 Å². The Morgan fingerprint density at radius 1 is 1.56 bits per heavy atom. The molecule has 5 nitrogen and oxygen atoms in total. The number of hydrogen-bond acceptors (Lipinski definition) is 3. The van der Waals surface area contributed by atoms with Crippen LogP contribution in [-0.2, 0) is 17.6 Å². The van der Waals surface area contributed by atoms with Gasteiger partial charge < -0.3 is 5.11 Å². The molecule has 0 saturated carbocycles. The lowest BCUT2D eigenvalue weighted by molar-refractivity contribution is -0.136. The summed E-state index contributed by atoms with van der Waals surface area (Å²) in [7, 11) is 0.